The van der Waals surface area contributed by atoms with Crippen LogP contribution in [0.3, 0.4) is 0 Å². The summed E-state index contributed by atoms with van der Waals surface area (Å²) >= 11 is 0. The van der Waals surface area contributed by atoms with Crippen LogP contribution >= 0.6 is 7.82 Å². The Morgan fingerprint density at radius 1 is 1.40 bits per heavy atom. The molecule has 0 aliphatic carbocycles. The third-order valence-electron chi connectivity index (χ3n) is 1.67. The van der Waals surface area contributed by atoms with Gasteiger partial charge in [-0.25, -0.2) is 4.57 Å². The summed E-state index contributed by atoms with van der Waals surface area (Å²) < 4.78 is 15.2. The molecule has 0 radical (unpaired) electrons. The normalized spacial score (nSPS) is 11.9. The standard InChI is InChI=1S/C10H13O4P/c1-2-3-6-9-7-4-5-8-10(9)14-15(11,12)13/h3-8H,2H2,1H3,(H2,11,12,13). The number of para-hydroxylation sites is 1. The highest BCUT2D eigenvalue weighted by Crippen LogP contribution is 2.39. The Hall–Kier alpha value is -1.09. The summed E-state index contributed by atoms with van der Waals surface area (Å²) in [4.78, 5) is 17.4. The summed E-state index contributed by atoms with van der Waals surface area (Å²) in [6.07, 6.45) is 4.51. The minimum Gasteiger partial charge on any atom is -0.404 e. The maximum absolute atomic E-state index is 10.7. The van der Waals surface area contributed by atoms with E-state index in [-0.39, 0.29) is 5.75 Å². The molecule has 0 spiro atoms. The van der Waals surface area contributed by atoms with Crippen LogP contribution in [0.5, 0.6) is 5.75 Å². The van der Waals surface area contributed by atoms with Crippen LogP contribution in [-0.2, 0) is 4.57 Å². The number of phosphoric ester groups is 1. The number of allylic oxidation sites excluding steroid dienone is 1. The average Bonchev–Trinajstić information content (AvgIpc) is 2.14. The predicted octanol–water partition coefficient (Wildman–Crippen LogP) is 2.58. The molecule has 1 aromatic rings. The smallest absolute Gasteiger partial charge is 0.404 e. The molecule has 0 amide bonds. The number of hydrogen-bond donors (Lipinski definition) is 2. The van der Waals surface area contributed by atoms with Crippen molar-refractivity contribution >= 4 is 13.9 Å². The number of rotatable bonds is 4. The van der Waals surface area contributed by atoms with Gasteiger partial charge in [-0.3, -0.25) is 9.79 Å². The topological polar surface area (TPSA) is 66.8 Å². The molecule has 1 aromatic carbocycles. The lowest BCUT2D eigenvalue weighted by molar-refractivity contribution is 0.283. The van der Waals surface area contributed by atoms with Gasteiger partial charge in [-0.05, 0) is 12.5 Å². The van der Waals surface area contributed by atoms with Gasteiger partial charge in [0, 0.05) is 5.56 Å². The quantitative estimate of drug-likeness (QED) is 0.777. The van der Waals surface area contributed by atoms with Crippen molar-refractivity contribution in [3.05, 3.63) is 35.9 Å². The third-order valence-corrected chi connectivity index (χ3v) is 2.10. The zero-order chi connectivity index (χ0) is 11.3. The van der Waals surface area contributed by atoms with Crippen LogP contribution in [0.25, 0.3) is 6.08 Å². The fourth-order valence-electron chi connectivity index (χ4n) is 1.07. The monoisotopic (exact) mass is 228 g/mol. The molecular formula is C10H13O4P. The largest absolute Gasteiger partial charge is 0.524 e. The summed E-state index contributed by atoms with van der Waals surface area (Å²) in [7, 11) is -4.48. The van der Waals surface area contributed by atoms with Crippen LogP contribution in [0.1, 0.15) is 18.9 Å². The van der Waals surface area contributed by atoms with Gasteiger partial charge in [0.2, 0.25) is 0 Å². The summed E-state index contributed by atoms with van der Waals surface area (Å²) in [5.74, 6) is 0.190. The van der Waals surface area contributed by atoms with E-state index in [2.05, 4.69) is 4.52 Å². The van der Waals surface area contributed by atoms with E-state index in [1.807, 2.05) is 13.0 Å². The molecule has 0 fully saturated rings. The van der Waals surface area contributed by atoms with Gasteiger partial charge in [0.15, 0.2) is 0 Å². The first-order chi connectivity index (χ1) is 7.03. The van der Waals surface area contributed by atoms with Gasteiger partial charge in [-0.2, -0.15) is 0 Å². The fourth-order valence-corrected chi connectivity index (χ4v) is 1.50. The van der Waals surface area contributed by atoms with Crippen LogP contribution in [0, 0.1) is 0 Å². The van der Waals surface area contributed by atoms with Crippen molar-refractivity contribution in [3.63, 3.8) is 0 Å². The predicted molar refractivity (Wildman–Crippen MR) is 58.4 cm³/mol. The second kappa shape index (κ2) is 5.12. The van der Waals surface area contributed by atoms with Crippen molar-refractivity contribution in [1.82, 2.24) is 0 Å². The molecule has 15 heavy (non-hydrogen) atoms. The molecule has 4 nitrogen and oxygen atoms in total. The van der Waals surface area contributed by atoms with E-state index < -0.39 is 7.82 Å². The van der Waals surface area contributed by atoms with Crippen molar-refractivity contribution in [3.8, 4) is 5.75 Å². The average molecular weight is 228 g/mol. The lowest BCUT2D eigenvalue weighted by Crippen LogP contribution is -1.91. The molecule has 0 aliphatic rings. The van der Waals surface area contributed by atoms with Crippen molar-refractivity contribution in [2.45, 2.75) is 13.3 Å². The SMILES string of the molecule is CCC=Cc1ccccc1OP(=O)(O)O. The highest BCUT2D eigenvalue weighted by atomic mass is 31.2. The molecule has 0 atom stereocenters. The molecule has 0 bridgehead atoms. The minimum absolute atomic E-state index is 0.190. The molecule has 0 aliphatic heterocycles. The summed E-state index contributed by atoms with van der Waals surface area (Å²) in [6.45, 7) is 1.98. The summed E-state index contributed by atoms with van der Waals surface area (Å²) in [6, 6.07) is 6.70. The van der Waals surface area contributed by atoms with Gasteiger partial charge in [-0.15, -0.1) is 0 Å². The molecule has 0 saturated heterocycles. The highest BCUT2D eigenvalue weighted by Gasteiger charge is 2.16. The molecule has 0 aromatic heterocycles. The molecule has 1 rings (SSSR count). The van der Waals surface area contributed by atoms with Gasteiger partial charge in [0.25, 0.3) is 0 Å². The van der Waals surface area contributed by atoms with Crippen LogP contribution in [-0.4, -0.2) is 9.79 Å². The lowest BCUT2D eigenvalue weighted by Gasteiger charge is -2.08. The van der Waals surface area contributed by atoms with Gasteiger partial charge in [0.1, 0.15) is 5.75 Å². The van der Waals surface area contributed by atoms with Gasteiger partial charge in [0.05, 0.1) is 0 Å². The molecule has 0 heterocycles. The van der Waals surface area contributed by atoms with Crippen LogP contribution in [0.4, 0.5) is 0 Å². The first kappa shape index (κ1) is 12.0. The van der Waals surface area contributed by atoms with E-state index in [0.717, 1.165) is 6.42 Å². The second-order valence-electron chi connectivity index (χ2n) is 2.93. The minimum atomic E-state index is -4.48. The first-order valence-corrected chi connectivity index (χ1v) is 6.06. The van der Waals surface area contributed by atoms with Crippen LogP contribution in [0.15, 0.2) is 30.3 Å². The third kappa shape index (κ3) is 4.30. The molecule has 0 unspecified atom stereocenters. The van der Waals surface area contributed by atoms with Crippen LogP contribution in [0.2, 0.25) is 0 Å². The number of benzene rings is 1. The Balaban J connectivity index is 2.96. The van der Waals surface area contributed by atoms with E-state index in [0.29, 0.717) is 5.56 Å². The Morgan fingerprint density at radius 2 is 2.07 bits per heavy atom. The summed E-state index contributed by atoms with van der Waals surface area (Å²) in [5.41, 5.74) is 0.655. The van der Waals surface area contributed by atoms with Crippen molar-refractivity contribution in [1.29, 1.82) is 0 Å². The van der Waals surface area contributed by atoms with Crippen molar-refractivity contribution in [2.75, 3.05) is 0 Å². The van der Waals surface area contributed by atoms with Gasteiger partial charge < -0.3 is 4.52 Å². The zero-order valence-electron chi connectivity index (χ0n) is 8.33. The van der Waals surface area contributed by atoms with Crippen molar-refractivity contribution in [2.24, 2.45) is 0 Å². The van der Waals surface area contributed by atoms with E-state index in [1.165, 1.54) is 6.07 Å². The van der Waals surface area contributed by atoms with E-state index in [1.54, 1.807) is 24.3 Å². The summed E-state index contributed by atoms with van der Waals surface area (Å²) in [5, 5.41) is 0. The van der Waals surface area contributed by atoms with Gasteiger partial charge in [-0.1, -0.05) is 37.3 Å². The first-order valence-electron chi connectivity index (χ1n) is 4.53. The number of hydrogen-bond acceptors (Lipinski definition) is 2. The number of phosphoric acid groups is 1. The molecule has 82 valence electrons. The maximum atomic E-state index is 10.7. The fraction of sp³-hybridized carbons (Fsp3) is 0.200. The Labute approximate surface area is 88.5 Å². The van der Waals surface area contributed by atoms with E-state index >= 15 is 0 Å². The second-order valence-corrected chi connectivity index (χ2v) is 4.09. The van der Waals surface area contributed by atoms with E-state index in [9.17, 15) is 4.57 Å². The molecular weight excluding hydrogens is 215 g/mol. The maximum Gasteiger partial charge on any atom is 0.524 e. The molecule has 0 saturated carbocycles. The van der Waals surface area contributed by atoms with Gasteiger partial charge >= 0.3 is 7.82 Å². The molecule has 5 heteroatoms. The van der Waals surface area contributed by atoms with E-state index in [4.69, 9.17) is 9.79 Å². The van der Waals surface area contributed by atoms with Crippen LogP contribution < -0.4 is 4.52 Å². The Morgan fingerprint density at radius 3 is 2.67 bits per heavy atom. The lowest BCUT2D eigenvalue weighted by atomic mass is 10.2. The highest BCUT2D eigenvalue weighted by molar-refractivity contribution is 7.46. The molecule has 2 N–H and O–H groups in total. The zero-order valence-corrected chi connectivity index (χ0v) is 9.22. The van der Waals surface area contributed by atoms with Crippen molar-refractivity contribution < 1.29 is 18.9 Å². The Bertz CT molecular complexity index is 394. The Kier molecular flexibility index (Phi) is 4.09.